The zero-order chi connectivity index (χ0) is 25.1. The normalized spacial score (nSPS) is 21.1. The van der Waals surface area contributed by atoms with Gasteiger partial charge in [-0.25, -0.2) is 9.67 Å². The van der Waals surface area contributed by atoms with Crippen molar-refractivity contribution in [3.05, 3.63) is 36.0 Å². The molecule has 1 saturated heterocycles. The Morgan fingerprint density at radius 3 is 2.43 bits per heavy atom. The highest BCUT2D eigenvalue weighted by atomic mass is 35.5. The van der Waals surface area contributed by atoms with E-state index in [1.165, 1.54) is 5.56 Å². The molecule has 0 atom stereocenters. The number of nitrogens with zero attached hydrogens (tertiary/aromatic N) is 5. The molecule has 8 nitrogen and oxygen atoms in total. The molecule has 2 aliphatic rings. The Morgan fingerprint density at radius 1 is 1.05 bits per heavy atom. The minimum absolute atomic E-state index is 0. The summed E-state index contributed by atoms with van der Waals surface area (Å²) in [5.41, 5.74) is 3.53. The summed E-state index contributed by atoms with van der Waals surface area (Å²) in [6, 6.07) is 8.42. The van der Waals surface area contributed by atoms with E-state index in [9.17, 15) is 18.3 Å². The van der Waals surface area contributed by atoms with Gasteiger partial charge in [-0.2, -0.15) is 23.3 Å². The van der Waals surface area contributed by atoms with Crippen LogP contribution >= 0.6 is 12.4 Å². The third-order valence-electron chi connectivity index (χ3n) is 7.00. The molecule has 1 aliphatic carbocycles. The van der Waals surface area contributed by atoms with Crippen molar-refractivity contribution in [1.82, 2.24) is 30.0 Å². The smallest absolute Gasteiger partial charge is 0.390 e. The van der Waals surface area contributed by atoms with Gasteiger partial charge in [0.05, 0.1) is 24.0 Å². The molecule has 37 heavy (non-hydrogen) atoms. The zero-order valence-electron chi connectivity index (χ0n) is 20.5. The van der Waals surface area contributed by atoms with Crippen LogP contribution in [0.25, 0.3) is 22.3 Å². The molecule has 5 rings (SSSR count). The largest absolute Gasteiger partial charge is 0.393 e. The van der Waals surface area contributed by atoms with Crippen LogP contribution in [0.1, 0.15) is 43.7 Å². The quantitative estimate of drug-likeness (QED) is 0.415. The van der Waals surface area contributed by atoms with E-state index in [-0.39, 0.29) is 37.0 Å². The van der Waals surface area contributed by atoms with Gasteiger partial charge in [-0.15, -0.1) is 12.4 Å². The van der Waals surface area contributed by atoms with Crippen LogP contribution in [0.3, 0.4) is 0 Å². The van der Waals surface area contributed by atoms with Crippen LogP contribution in [-0.4, -0.2) is 74.8 Å². The highest BCUT2D eigenvalue weighted by Crippen LogP contribution is 2.34. The molecule has 202 valence electrons. The lowest BCUT2D eigenvalue weighted by Crippen LogP contribution is -2.42. The first kappa shape index (κ1) is 27.6. The molecule has 3 heterocycles. The number of aliphatic hydroxyl groups is 1. The second-order valence-corrected chi connectivity index (χ2v) is 9.70. The van der Waals surface area contributed by atoms with E-state index in [1.807, 2.05) is 4.68 Å². The van der Waals surface area contributed by atoms with Crippen molar-refractivity contribution in [1.29, 1.82) is 0 Å². The number of halogens is 4. The topological polar surface area (TPSA) is 91.1 Å². The molecule has 2 fully saturated rings. The molecule has 0 spiro atoms. The van der Waals surface area contributed by atoms with E-state index in [4.69, 9.17) is 5.10 Å². The van der Waals surface area contributed by atoms with Gasteiger partial charge < -0.3 is 15.7 Å². The third kappa shape index (κ3) is 6.90. The van der Waals surface area contributed by atoms with Crippen molar-refractivity contribution in [2.24, 2.45) is 0 Å². The van der Waals surface area contributed by atoms with Gasteiger partial charge in [0.2, 0.25) is 5.95 Å². The third-order valence-corrected chi connectivity index (χ3v) is 7.00. The Morgan fingerprint density at radius 2 is 1.76 bits per heavy atom. The molecule has 0 radical (unpaired) electrons. The number of hydrogen-bond acceptors (Lipinski definition) is 7. The number of nitrogens with one attached hydrogen (secondary N) is 2. The maximum Gasteiger partial charge on any atom is 0.390 e. The standard InChI is InChI=1S/C25H32F3N7O.ClH/c26-25(27,28)9-10-30-24-31-15-21-22(33-35(23(21)32-24)19-5-7-20(36)8-6-19)18-3-1-17(2-4-18)16-34-13-11-29-12-14-34;/h1-4,15,19-20,29,36H,5-14,16H2,(H,30,31,32);1H/t19-,20-;. The van der Waals surface area contributed by atoms with E-state index < -0.39 is 12.6 Å². The van der Waals surface area contributed by atoms with Crippen LogP contribution in [0, 0.1) is 0 Å². The number of piperazine rings is 1. The second kappa shape index (κ2) is 11.9. The van der Waals surface area contributed by atoms with Gasteiger partial charge in [0.25, 0.3) is 0 Å². The van der Waals surface area contributed by atoms with Crippen LogP contribution in [0.15, 0.2) is 30.5 Å². The van der Waals surface area contributed by atoms with E-state index in [1.54, 1.807) is 6.20 Å². The van der Waals surface area contributed by atoms with E-state index >= 15 is 0 Å². The molecule has 3 aromatic rings. The van der Waals surface area contributed by atoms with Crippen molar-refractivity contribution in [3.8, 4) is 11.3 Å². The summed E-state index contributed by atoms with van der Waals surface area (Å²) >= 11 is 0. The van der Waals surface area contributed by atoms with Crippen LogP contribution in [0.4, 0.5) is 19.1 Å². The first-order chi connectivity index (χ1) is 17.4. The fourth-order valence-electron chi connectivity index (χ4n) is 4.99. The maximum atomic E-state index is 12.6. The molecule has 0 bridgehead atoms. The minimum atomic E-state index is -4.24. The van der Waals surface area contributed by atoms with Crippen LogP contribution in [0.2, 0.25) is 0 Å². The molecule has 3 N–H and O–H groups in total. The summed E-state index contributed by atoms with van der Waals surface area (Å²) in [4.78, 5) is 11.3. The molecular formula is C25H33ClF3N7O. The number of rotatable bonds is 7. The van der Waals surface area contributed by atoms with E-state index in [0.717, 1.165) is 62.2 Å². The lowest BCUT2D eigenvalue weighted by atomic mass is 9.93. The SMILES string of the molecule is Cl.O[C@H]1CC[C@H](n2nc(-c3ccc(CN4CCNCC4)cc3)c3cnc(NCCC(F)(F)F)nc32)CC1. The molecule has 1 aliphatic heterocycles. The first-order valence-electron chi connectivity index (χ1n) is 12.6. The number of aliphatic hydroxyl groups excluding tert-OH is 1. The lowest BCUT2D eigenvalue weighted by Gasteiger charge is -2.27. The lowest BCUT2D eigenvalue weighted by molar-refractivity contribution is -0.131. The second-order valence-electron chi connectivity index (χ2n) is 9.70. The number of hydrogen-bond donors (Lipinski definition) is 3. The number of benzene rings is 1. The predicted molar refractivity (Wildman–Crippen MR) is 139 cm³/mol. The number of anilines is 1. The molecule has 0 amide bonds. The molecule has 1 aromatic carbocycles. The van der Waals surface area contributed by atoms with Crippen molar-refractivity contribution in [2.75, 3.05) is 38.0 Å². The van der Waals surface area contributed by atoms with Gasteiger partial charge in [-0.1, -0.05) is 24.3 Å². The highest BCUT2D eigenvalue weighted by Gasteiger charge is 2.27. The van der Waals surface area contributed by atoms with E-state index in [0.29, 0.717) is 18.5 Å². The molecule has 12 heteroatoms. The number of aromatic nitrogens is 4. The number of alkyl halides is 3. The van der Waals surface area contributed by atoms with Gasteiger partial charge in [0, 0.05) is 51.0 Å². The van der Waals surface area contributed by atoms with Gasteiger partial charge >= 0.3 is 6.18 Å². The highest BCUT2D eigenvalue weighted by molar-refractivity contribution is 5.91. The number of fused-ring (bicyclic) bond motifs is 1. The maximum absolute atomic E-state index is 12.6. The Bertz CT molecular complexity index is 1160. The summed E-state index contributed by atoms with van der Waals surface area (Å²) in [5.74, 6) is 0.154. The van der Waals surface area contributed by atoms with Crippen LogP contribution in [-0.2, 0) is 6.54 Å². The van der Waals surface area contributed by atoms with Gasteiger partial charge in [0.15, 0.2) is 5.65 Å². The van der Waals surface area contributed by atoms with Gasteiger partial charge in [-0.3, -0.25) is 4.90 Å². The Labute approximate surface area is 220 Å². The fourth-order valence-corrected chi connectivity index (χ4v) is 4.99. The van der Waals surface area contributed by atoms with Crippen LogP contribution < -0.4 is 10.6 Å². The molecular weight excluding hydrogens is 507 g/mol. The molecule has 1 saturated carbocycles. The summed E-state index contributed by atoms with van der Waals surface area (Å²) < 4.78 is 39.6. The summed E-state index contributed by atoms with van der Waals surface area (Å²) in [6.45, 7) is 4.68. The van der Waals surface area contributed by atoms with Crippen molar-refractivity contribution < 1.29 is 18.3 Å². The minimum Gasteiger partial charge on any atom is -0.393 e. The zero-order valence-corrected chi connectivity index (χ0v) is 21.4. The predicted octanol–water partition coefficient (Wildman–Crippen LogP) is 4.16. The van der Waals surface area contributed by atoms with Crippen molar-refractivity contribution in [2.45, 2.75) is 57.0 Å². The molecule has 2 aromatic heterocycles. The Kier molecular flexibility index (Phi) is 8.89. The monoisotopic (exact) mass is 539 g/mol. The first-order valence-corrected chi connectivity index (χ1v) is 12.6. The summed E-state index contributed by atoms with van der Waals surface area (Å²) in [6.07, 6.45) is -0.966. The van der Waals surface area contributed by atoms with Crippen molar-refractivity contribution in [3.63, 3.8) is 0 Å². The van der Waals surface area contributed by atoms with E-state index in [2.05, 4.69) is 49.8 Å². The average molecular weight is 540 g/mol. The van der Waals surface area contributed by atoms with Crippen LogP contribution in [0.5, 0.6) is 0 Å². The summed E-state index contributed by atoms with van der Waals surface area (Å²) in [5, 5.41) is 21.7. The fraction of sp³-hybridized carbons (Fsp3) is 0.560. The van der Waals surface area contributed by atoms with Gasteiger partial charge in [0.1, 0.15) is 5.69 Å². The summed E-state index contributed by atoms with van der Waals surface area (Å²) in [7, 11) is 0. The van der Waals surface area contributed by atoms with Gasteiger partial charge in [-0.05, 0) is 31.2 Å². The molecule has 0 unspecified atom stereocenters. The Hall–Kier alpha value is -2.47. The Balaban J connectivity index is 0.00000320. The average Bonchev–Trinajstić information content (AvgIpc) is 3.24. The van der Waals surface area contributed by atoms with Crippen molar-refractivity contribution >= 4 is 29.4 Å².